The summed E-state index contributed by atoms with van der Waals surface area (Å²) in [6.07, 6.45) is 0.823. The second-order valence-corrected chi connectivity index (χ2v) is 5.77. The van der Waals surface area contributed by atoms with E-state index in [-0.39, 0.29) is 5.56 Å². The number of hydrogen-bond acceptors (Lipinski definition) is 4. The molecule has 4 rings (SSSR count). The lowest BCUT2D eigenvalue weighted by Gasteiger charge is -2.19. The minimum absolute atomic E-state index is 0.0732. The Labute approximate surface area is 134 Å². The molecule has 0 aliphatic carbocycles. The Hall–Kier alpha value is -2.66. The van der Waals surface area contributed by atoms with Gasteiger partial charge in [0.15, 0.2) is 0 Å². The number of hydrogen-bond donors (Lipinski definition) is 2. The summed E-state index contributed by atoms with van der Waals surface area (Å²) in [6.45, 7) is 1.61. The lowest BCUT2D eigenvalue weighted by Crippen LogP contribution is -2.26. The highest BCUT2D eigenvalue weighted by molar-refractivity contribution is 5.96. The first-order valence-corrected chi connectivity index (χ1v) is 7.80. The molecule has 1 aliphatic heterocycles. The van der Waals surface area contributed by atoms with Gasteiger partial charge < -0.3 is 10.6 Å². The van der Waals surface area contributed by atoms with Crippen LogP contribution in [0.2, 0.25) is 0 Å². The van der Waals surface area contributed by atoms with Gasteiger partial charge in [0.1, 0.15) is 0 Å². The van der Waals surface area contributed by atoms with E-state index in [1.54, 1.807) is 0 Å². The van der Waals surface area contributed by atoms with Crippen molar-refractivity contribution in [2.75, 3.05) is 18.9 Å². The number of aromatic nitrogens is 2. The fourth-order valence-corrected chi connectivity index (χ4v) is 3.19. The van der Waals surface area contributed by atoms with E-state index in [1.165, 1.54) is 4.68 Å². The molecule has 3 aromatic rings. The van der Waals surface area contributed by atoms with Crippen LogP contribution >= 0.6 is 0 Å². The van der Waals surface area contributed by atoms with E-state index in [0.717, 1.165) is 52.9 Å². The number of rotatable bonds is 3. The fraction of sp³-hybridized carbons (Fsp3) is 0.222. The summed E-state index contributed by atoms with van der Waals surface area (Å²) in [7, 11) is 1.91. The lowest BCUT2D eigenvalue weighted by atomic mass is 10.0. The smallest absolute Gasteiger partial charge is 0.279 e. The largest absolute Gasteiger partial charge is 0.384 e. The lowest BCUT2D eigenvalue weighted by molar-refractivity contribution is 0.763. The minimum Gasteiger partial charge on any atom is -0.384 e. The molecule has 116 valence electrons. The normalized spacial score (nSPS) is 13.1. The third-order valence-electron chi connectivity index (χ3n) is 4.21. The zero-order chi connectivity index (χ0) is 15.8. The van der Waals surface area contributed by atoms with Gasteiger partial charge in [-0.25, -0.2) is 0 Å². The van der Waals surface area contributed by atoms with Crippen molar-refractivity contribution in [3.05, 3.63) is 64.1 Å². The van der Waals surface area contributed by atoms with E-state index < -0.39 is 0 Å². The van der Waals surface area contributed by atoms with Crippen molar-refractivity contribution < 1.29 is 0 Å². The molecule has 2 N–H and O–H groups in total. The molecule has 23 heavy (non-hydrogen) atoms. The minimum atomic E-state index is -0.0732. The van der Waals surface area contributed by atoms with Crippen molar-refractivity contribution in [2.45, 2.75) is 13.0 Å². The van der Waals surface area contributed by atoms with Crippen LogP contribution in [0.4, 0.5) is 5.69 Å². The molecule has 0 spiro atoms. The summed E-state index contributed by atoms with van der Waals surface area (Å²) in [5, 5.41) is 12.8. The Morgan fingerprint density at radius 2 is 2.13 bits per heavy atom. The highest BCUT2D eigenvalue weighted by atomic mass is 16.1. The van der Waals surface area contributed by atoms with Crippen molar-refractivity contribution in [1.29, 1.82) is 0 Å². The van der Waals surface area contributed by atoms with Gasteiger partial charge in [0.25, 0.3) is 5.56 Å². The fourth-order valence-electron chi connectivity index (χ4n) is 3.19. The van der Waals surface area contributed by atoms with Crippen LogP contribution in [0, 0.1) is 0 Å². The van der Waals surface area contributed by atoms with Gasteiger partial charge in [0.05, 0.1) is 16.8 Å². The number of nitrogens with one attached hydrogen (secondary N) is 2. The summed E-state index contributed by atoms with van der Waals surface area (Å²) in [4.78, 5) is 12.9. The number of benzene rings is 2. The molecule has 0 fully saturated rings. The number of nitrogens with zero attached hydrogens (tertiary/aromatic N) is 2. The quantitative estimate of drug-likeness (QED) is 0.778. The first-order chi connectivity index (χ1) is 11.3. The summed E-state index contributed by atoms with van der Waals surface area (Å²) in [6, 6.07) is 13.7. The van der Waals surface area contributed by atoms with Crippen molar-refractivity contribution in [2.24, 2.45) is 0 Å². The Morgan fingerprint density at radius 1 is 1.26 bits per heavy atom. The molecule has 0 saturated carbocycles. The first-order valence-electron chi connectivity index (χ1n) is 7.80. The molecule has 1 aliphatic rings. The van der Waals surface area contributed by atoms with E-state index in [1.807, 2.05) is 49.5 Å². The van der Waals surface area contributed by atoms with Crippen molar-refractivity contribution in [1.82, 2.24) is 15.1 Å². The van der Waals surface area contributed by atoms with Gasteiger partial charge in [-0.3, -0.25) is 4.79 Å². The summed E-state index contributed by atoms with van der Waals surface area (Å²) in [5.41, 5.74) is 3.85. The van der Waals surface area contributed by atoms with Gasteiger partial charge in [0, 0.05) is 30.6 Å². The second kappa shape index (κ2) is 5.52. The maximum absolute atomic E-state index is 12.9. The zero-order valence-corrected chi connectivity index (χ0v) is 13.0. The van der Waals surface area contributed by atoms with E-state index in [9.17, 15) is 4.79 Å². The molecule has 0 unspecified atom stereocenters. The van der Waals surface area contributed by atoms with Crippen LogP contribution in [0.5, 0.6) is 0 Å². The summed E-state index contributed by atoms with van der Waals surface area (Å²) in [5.74, 6) is 0. The molecule has 1 aromatic heterocycles. The van der Waals surface area contributed by atoms with Crippen molar-refractivity contribution in [3.8, 4) is 5.69 Å². The van der Waals surface area contributed by atoms with Crippen molar-refractivity contribution in [3.63, 3.8) is 0 Å². The Kier molecular flexibility index (Phi) is 3.35. The molecular weight excluding hydrogens is 288 g/mol. The van der Waals surface area contributed by atoms with Gasteiger partial charge in [-0.2, -0.15) is 9.78 Å². The van der Waals surface area contributed by atoms with Gasteiger partial charge in [-0.05, 0) is 36.9 Å². The first kappa shape index (κ1) is 14.0. The third-order valence-corrected chi connectivity index (χ3v) is 4.21. The predicted octanol–water partition coefficient (Wildman–Crippen LogP) is 2.07. The van der Waals surface area contributed by atoms with Gasteiger partial charge in [-0.1, -0.05) is 18.2 Å². The van der Waals surface area contributed by atoms with Gasteiger partial charge in [-0.15, -0.1) is 0 Å². The van der Waals surface area contributed by atoms with E-state index in [4.69, 9.17) is 0 Å². The average molecular weight is 306 g/mol. The van der Waals surface area contributed by atoms with Crippen LogP contribution in [0.1, 0.15) is 11.3 Å². The van der Waals surface area contributed by atoms with Gasteiger partial charge >= 0.3 is 0 Å². The molecule has 2 aromatic carbocycles. The monoisotopic (exact) mass is 306 g/mol. The van der Waals surface area contributed by atoms with Crippen LogP contribution < -0.4 is 16.2 Å². The SMILES string of the molecule is CNCc1cccc(-n2nc3c4c(cccc4c2=O)NCC3)c1. The van der Waals surface area contributed by atoms with Crippen LogP contribution in [-0.2, 0) is 13.0 Å². The second-order valence-electron chi connectivity index (χ2n) is 5.77. The molecular formula is C18H18N4O. The molecule has 5 heteroatoms. The Balaban J connectivity index is 1.97. The van der Waals surface area contributed by atoms with Crippen molar-refractivity contribution >= 4 is 16.5 Å². The molecule has 0 radical (unpaired) electrons. The van der Waals surface area contributed by atoms with E-state index in [2.05, 4.69) is 15.7 Å². The molecule has 0 amide bonds. The summed E-state index contributed by atoms with van der Waals surface area (Å²) < 4.78 is 1.53. The van der Waals surface area contributed by atoms with Gasteiger partial charge in [0.2, 0.25) is 0 Å². The number of anilines is 1. The standard InChI is InChI=1S/C18H18N4O/c1-19-11-12-4-2-5-13(10-12)22-18(23)14-6-3-7-15-17(14)16(21-22)8-9-20-15/h2-7,10,19-20H,8-9,11H2,1H3. The topological polar surface area (TPSA) is 59.0 Å². The van der Waals surface area contributed by atoms with Crippen LogP contribution in [0.25, 0.3) is 16.5 Å². The van der Waals surface area contributed by atoms with E-state index in [0.29, 0.717) is 0 Å². The van der Waals surface area contributed by atoms with Crippen LogP contribution in [0.3, 0.4) is 0 Å². The maximum atomic E-state index is 12.9. The van der Waals surface area contributed by atoms with Crippen LogP contribution in [0.15, 0.2) is 47.3 Å². The average Bonchev–Trinajstić information content (AvgIpc) is 2.58. The Morgan fingerprint density at radius 3 is 3.00 bits per heavy atom. The summed E-state index contributed by atoms with van der Waals surface area (Å²) >= 11 is 0. The maximum Gasteiger partial charge on any atom is 0.279 e. The molecule has 5 nitrogen and oxygen atoms in total. The predicted molar refractivity (Wildman–Crippen MR) is 92.3 cm³/mol. The molecule has 0 bridgehead atoms. The molecule has 0 atom stereocenters. The molecule has 2 heterocycles. The highest BCUT2D eigenvalue weighted by Gasteiger charge is 2.17. The highest BCUT2D eigenvalue weighted by Crippen LogP contribution is 2.27. The van der Waals surface area contributed by atoms with Crippen LogP contribution in [-0.4, -0.2) is 23.4 Å². The zero-order valence-electron chi connectivity index (χ0n) is 13.0. The van der Waals surface area contributed by atoms with E-state index >= 15 is 0 Å². The third kappa shape index (κ3) is 2.29. The Bertz CT molecular complexity index is 945. The molecule has 0 saturated heterocycles.